The first-order valence-electron chi connectivity index (χ1n) is 5.10. The number of methoxy groups -OCH3 is 1. The fourth-order valence-electron chi connectivity index (χ4n) is 1.31. The highest BCUT2D eigenvalue weighted by Crippen LogP contribution is 2.03. The van der Waals surface area contributed by atoms with Crippen molar-refractivity contribution in [2.75, 3.05) is 26.8 Å². The average molecular weight is 203 g/mol. The number of esters is 1. The summed E-state index contributed by atoms with van der Waals surface area (Å²) < 4.78 is 4.66. The molecule has 0 bridgehead atoms. The second kappa shape index (κ2) is 7.76. The van der Waals surface area contributed by atoms with Crippen molar-refractivity contribution in [2.45, 2.75) is 32.7 Å². The van der Waals surface area contributed by atoms with Crippen LogP contribution in [0.5, 0.6) is 0 Å². The zero-order chi connectivity index (χ0) is 11.0. The van der Waals surface area contributed by atoms with Crippen molar-refractivity contribution in [3.63, 3.8) is 0 Å². The van der Waals surface area contributed by atoms with Crippen molar-refractivity contribution in [1.29, 1.82) is 0 Å². The van der Waals surface area contributed by atoms with Gasteiger partial charge in [0.15, 0.2) is 0 Å². The Kier molecular flexibility index (Phi) is 7.42. The molecule has 1 N–H and O–H groups in total. The lowest BCUT2D eigenvalue weighted by atomic mass is 10.2. The predicted octanol–water partition coefficient (Wildman–Crippen LogP) is 0.642. The van der Waals surface area contributed by atoms with Crippen LogP contribution in [-0.2, 0) is 9.53 Å². The van der Waals surface area contributed by atoms with Crippen molar-refractivity contribution < 1.29 is 14.6 Å². The van der Waals surface area contributed by atoms with Gasteiger partial charge in [-0.2, -0.15) is 0 Å². The molecule has 0 amide bonds. The fourth-order valence-corrected chi connectivity index (χ4v) is 1.31. The predicted molar refractivity (Wildman–Crippen MR) is 55.0 cm³/mol. The maximum atomic E-state index is 11.2. The first-order valence-corrected chi connectivity index (χ1v) is 5.10. The standard InChI is InChI=1S/C10H21NO3/c1-4-5-6-11(7-8-12)9(2)10(13)14-3/h9,12H,4-8H2,1-3H3. The summed E-state index contributed by atoms with van der Waals surface area (Å²) in [7, 11) is 1.38. The van der Waals surface area contributed by atoms with Gasteiger partial charge in [0.2, 0.25) is 0 Å². The van der Waals surface area contributed by atoms with E-state index in [0.717, 1.165) is 19.4 Å². The van der Waals surface area contributed by atoms with Crippen LogP contribution in [0.2, 0.25) is 0 Å². The van der Waals surface area contributed by atoms with Gasteiger partial charge in [-0.3, -0.25) is 9.69 Å². The smallest absolute Gasteiger partial charge is 0.322 e. The number of ether oxygens (including phenoxy) is 1. The molecule has 0 aliphatic carbocycles. The summed E-state index contributed by atoms with van der Waals surface area (Å²) in [4.78, 5) is 13.2. The van der Waals surface area contributed by atoms with Crippen LogP contribution >= 0.6 is 0 Å². The molecule has 14 heavy (non-hydrogen) atoms. The third-order valence-corrected chi connectivity index (χ3v) is 2.28. The molecule has 0 heterocycles. The lowest BCUT2D eigenvalue weighted by Gasteiger charge is -2.26. The van der Waals surface area contributed by atoms with Gasteiger partial charge >= 0.3 is 5.97 Å². The summed E-state index contributed by atoms with van der Waals surface area (Å²) >= 11 is 0. The van der Waals surface area contributed by atoms with E-state index in [9.17, 15) is 4.79 Å². The van der Waals surface area contributed by atoms with Crippen LogP contribution < -0.4 is 0 Å². The highest BCUT2D eigenvalue weighted by Gasteiger charge is 2.20. The third-order valence-electron chi connectivity index (χ3n) is 2.28. The molecule has 4 nitrogen and oxygen atoms in total. The number of rotatable bonds is 7. The largest absolute Gasteiger partial charge is 0.468 e. The van der Waals surface area contributed by atoms with Gasteiger partial charge < -0.3 is 9.84 Å². The van der Waals surface area contributed by atoms with Crippen LogP contribution in [0.15, 0.2) is 0 Å². The Morgan fingerprint density at radius 3 is 2.57 bits per heavy atom. The molecule has 4 heteroatoms. The topological polar surface area (TPSA) is 49.8 Å². The first-order chi connectivity index (χ1) is 6.67. The molecule has 0 aromatic carbocycles. The molecule has 1 unspecified atom stereocenters. The second-order valence-corrected chi connectivity index (χ2v) is 3.31. The summed E-state index contributed by atoms with van der Waals surface area (Å²) in [6, 6.07) is -0.265. The van der Waals surface area contributed by atoms with Crippen molar-refractivity contribution in [1.82, 2.24) is 4.90 Å². The van der Waals surface area contributed by atoms with Gasteiger partial charge in [0, 0.05) is 6.54 Å². The quantitative estimate of drug-likeness (QED) is 0.617. The molecule has 0 spiro atoms. The van der Waals surface area contributed by atoms with Crippen LogP contribution in [0.4, 0.5) is 0 Å². The molecule has 0 aromatic rings. The van der Waals surface area contributed by atoms with Gasteiger partial charge in [0.25, 0.3) is 0 Å². The second-order valence-electron chi connectivity index (χ2n) is 3.31. The van der Waals surface area contributed by atoms with E-state index in [1.165, 1.54) is 7.11 Å². The van der Waals surface area contributed by atoms with Crippen molar-refractivity contribution in [3.05, 3.63) is 0 Å². The zero-order valence-corrected chi connectivity index (χ0v) is 9.32. The fraction of sp³-hybridized carbons (Fsp3) is 0.900. The maximum absolute atomic E-state index is 11.2. The number of nitrogens with zero attached hydrogens (tertiary/aromatic N) is 1. The molecule has 0 radical (unpaired) electrons. The van der Waals surface area contributed by atoms with E-state index in [0.29, 0.717) is 6.54 Å². The van der Waals surface area contributed by atoms with E-state index in [2.05, 4.69) is 11.7 Å². The maximum Gasteiger partial charge on any atom is 0.322 e. The Labute approximate surface area is 85.9 Å². The van der Waals surface area contributed by atoms with Gasteiger partial charge in [-0.25, -0.2) is 0 Å². The normalized spacial score (nSPS) is 12.9. The third kappa shape index (κ3) is 4.58. The molecule has 0 fully saturated rings. The summed E-state index contributed by atoms with van der Waals surface area (Å²) in [5, 5.41) is 8.85. The minimum absolute atomic E-state index is 0.0745. The molecule has 1 atom stereocenters. The first kappa shape index (κ1) is 13.4. The van der Waals surface area contributed by atoms with Crippen molar-refractivity contribution in [2.24, 2.45) is 0 Å². The van der Waals surface area contributed by atoms with E-state index in [1.807, 2.05) is 4.90 Å². The molecule has 0 aliphatic rings. The Balaban J connectivity index is 4.09. The van der Waals surface area contributed by atoms with Crippen LogP contribution in [0.1, 0.15) is 26.7 Å². The lowest BCUT2D eigenvalue weighted by Crippen LogP contribution is -2.41. The lowest BCUT2D eigenvalue weighted by molar-refractivity contribution is -0.146. The number of aliphatic hydroxyl groups excluding tert-OH is 1. The molecule has 0 aliphatic heterocycles. The van der Waals surface area contributed by atoms with E-state index in [-0.39, 0.29) is 18.6 Å². The minimum atomic E-state index is -0.265. The number of carbonyl (C=O) groups is 1. The van der Waals surface area contributed by atoms with Gasteiger partial charge in [0.05, 0.1) is 13.7 Å². The highest BCUT2D eigenvalue weighted by atomic mass is 16.5. The molecular formula is C10H21NO3. The van der Waals surface area contributed by atoms with E-state index >= 15 is 0 Å². The van der Waals surface area contributed by atoms with E-state index < -0.39 is 0 Å². The van der Waals surface area contributed by atoms with Gasteiger partial charge in [-0.15, -0.1) is 0 Å². The molecule has 0 rings (SSSR count). The zero-order valence-electron chi connectivity index (χ0n) is 9.32. The van der Waals surface area contributed by atoms with E-state index in [4.69, 9.17) is 5.11 Å². The highest BCUT2D eigenvalue weighted by molar-refractivity contribution is 5.75. The number of carbonyl (C=O) groups excluding carboxylic acids is 1. The Bertz CT molecular complexity index is 161. The summed E-state index contributed by atoms with van der Waals surface area (Å²) in [6.45, 7) is 5.33. The number of hydrogen-bond acceptors (Lipinski definition) is 4. The number of aliphatic hydroxyl groups is 1. The van der Waals surface area contributed by atoms with E-state index in [1.54, 1.807) is 6.92 Å². The van der Waals surface area contributed by atoms with Gasteiger partial charge in [-0.05, 0) is 19.9 Å². The summed E-state index contributed by atoms with van der Waals surface area (Å²) in [5.41, 5.74) is 0. The molecule has 0 aromatic heterocycles. The Morgan fingerprint density at radius 2 is 2.14 bits per heavy atom. The molecule has 0 saturated carbocycles. The Morgan fingerprint density at radius 1 is 1.50 bits per heavy atom. The van der Waals surface area contributed by atoms with Crippen LogP contribution in [0, 0.1) is 0 Å². The summed E-state index contributed by atoms with van der Waals surface area (Å²) in [5.74, 6) is -0.241. The van der Waals surface area contributed by atoms with Crippen molar-refractivity contribution in [3.8, 4) is 0 Å². The summed E-state index contributed by atoms with van der Waals surface area (Å²) in [6.07, 6.45) is 2.11. The minimum Gasteiger partial charge on any atom is -0.468 e. The molecule has 84 valence electrons. The van der Waals surface area contributed by atoms with Crippen LogP contribution in [0.25, 0.3) is 0 Å². The van der Waals surface area contributed by atoms with Gasteiger partial charge in [0.1, 0.15) is 6.04 Å². The van der Waals surface area contributed by atoms with Crippen LogP contribution in [-0.4, -0.2) is 48.8 Å². The monoisotopic (exact) mass is 203 g/mol. The number of unbranched alkanes of at least 4 members (excludes halogenated alkanes) is 1. The van der Waals surface area contributed by atoms with Crippen LogP contribution in [0.3, 0.4) is 0 Å². The van der Waals surface area contributed by atoms with Crippen molar-refractivity contribution >= 4 is 5.97 Å². The Hall–Kier alpha value is -0.610. The number of hydrogen-bond donors (Lipinski definition) is 1. The molecule has 0 saturated heterocycles. The average Bonchev–Trinajstić information content (AvgIpc) is 2.22. The SMILES string of the molecule is CCCCN(CCO)C(C)C(=O)OC. The molecular weight excluding hydrogens is 182 g/mol. The van der Waals surface area contributed by atoms with Gasteiger partial charge in [-0.1, -0.05) is 13.3 Å².